The van der Waals surface area contributed by atoms with Crippen molar-refractivity contribution in [2.24, 2.45) is 5.92 Å². The lowest BCUT2D eigenvalue weighted by molar-refractivity contribution is -0.121. The first-order valence-electron chi connectivity index (χ1n) is 15.5. The molecule has 4 aromatic rings. The topological polar surface area (TPSA) is 143 Å². The second kappa shape index (κ2) is 13.9. The number of nitrogens with one attached hydrogen (secondary N) is 2. The zero-order valence-corrected chi connectivity index (χ0v) is 25.5. The fourth-order valence-electron chi connectivity index (χ4n) is 6.45. The maximum absolute atomic E-state index is 14.1. The number of ether oxygens (including phenoxy) is 1. The van der Waals surface area contributed by atoms with Gasteiger partial charge in [-0.1, -0.05) is 72.8 Å². The summed E-state index contributed by atoms with van der Waals surface area (Å²) >= 11 is 0. The molecule has 3 atom stereocenters. The van der Waals surface area contributed by atoms with Crippen molar-refractivity contribution in [2.75, 3.05) is 0 Å². The molecule has 0 radical (unpaired) electrons. The van der Waals surface area contributed by atoms with Gasteiger partial charge >= 0.3 is 6.09 Å². The monoisotopic (exact) mass is 639 g/mol. The smallest absolute Gasteiger partial charge is 0.407 e. The molecule has 7 rings (SSSR count). The summed E-state index contributed by atoms with van der Waals surface area (Å²) in [6.45, 7) is 0.471. The molecule has 3 N–H and O–H groups in total. The quantitative estimate of drug-likeness (QED) is 0.230. The van der Waals surface area contributed by atoms with Gasteiger partial charge in [0.1, 0.15) is 18.2 Å². The minimum atomic E-state index is -1.08. The predicted octanol–water partition coefficient (Wildman–Crippen LogP) is 4.41. The number of hydrogen-bond acceptors (Lipinski definition) is 6. The SMILES string of the molecule is O=C(Cc1ccc(F)cc1)NNC(=O)c1nc2n(c(=O)c1OCc1ccccc1)CC1CCC2C(N(Cc2ccccc2)C(=O)O)C1. The molecule has 3 heterocycles. The van der Waals surface area contributed by atoms with Gasteiger partial charge in [0.15, 0.2) is 5.69 Å². The Morgan fingerprint density at radius 2 is 1.60 bits per heavy atom. The van der Waals surface area contributed by atoms with Crippen LogP contribution in [0.3, 0.4) is 0 Å². The number of halogens is 1. The first-order chi connectivity index (χ1) is 22.8. The molecule has 1 aromatic heterocycles. The third kappa shape index (κ3) is 7.16. The molecule has 1 fully saturated rings. The molecule has 0 spiro atoms. The van der Waals surface area contributed by atoms with E-state index < -0.39 is 41.2 Å². The van der Waals surface area contributed by atoms with Gasteiger partial charge in [-0.25, -0.2) is 14.2 Å². The maximum atomic E-state index is 14.1. The number of hydrogen-bond donors (Lipinski definition) is 3. The van der Waals surface area contributed by atoms with Crippen LogP contribution in [0.1, 0.15) is 58.2 Å². The van der Waals surface area contributed by atoms with Crippen molar-refractivity contribution in [3.05, 3.63) is 129 Å². The Labute approximate surface area is 270 Å². The van der Waals surface area contributed by atoms with Crippen molar-refractivity contribution in [2.45, 2.75) is 57.3 Å². The molecule has 1 saturated carbocycles. The van der Waals surface area contributed by atoms with Crippen LogP contribution in [-0.4, -0.2) is 43.5 Å². The average molecular weight is 640 g/mol. The average Bonchev–Trinajstić information content (AvgIpc) is 3.35. The summed E-state index contributed by atoms with van der Waals surface area (Å²) in [6, 6.07) is 23.4. The van der Waals surface area contributed by atoms with E-state index in [2.05, 4.69) is 10.9 Å². The highest BCUT2D eigenvalue weighted by molar-refractivity contribution is 5.96. The molecular formula is C35H34FN5O6. The van der Waals surface area contributed by atoms with E-state index in [0.29, 0.717) is 30.8 Å². The summed E-state index contributed by atoms with van der Waals surface area (Å²) in [7, 11) is 0. The minimum Gasteiger partial charge on any atom is -0.481 e. The molecule has 242 valence electrons. The summed E-state index contributed by atoms with van der Waals surface area (Å²) in [5.74, 6) is -2.26. The Morgan fingerprint density at radius 3 is 2.28 bits per heavy atom. The van der Waals surface area contributed by atoms with Crippen molar-refractivity contribution >= 4 is 17.9 Å². The number of aromatic nitrogens is 2. The minimum absolute atomic E-state index is 0.00629. The van der Waals surface area contributed by atoms with E-state index in [9.17, 15) is 28.7 Å². The molecule has 0 saturated heterocycles. The Kier molecular flexibility index (Phi) is 9.28. The summed E-state index contributed by atoms with van der Waals surface area (Å²) in [5, 5.41) is 10.3. The lowest BCUT2D eigenvalue weighted by Crippen LogP contribution is -2.46. The zero-order valence-electron chi connectivity index (χ0n) is 25.5. The fraction of sp³-hybridized carbons (Fsp3) is 0.286. The fourth-order valence-corrected chi connectivity index (χ4v) is 6.45. The van der Waals surface area contributed by atoms with E-state index in [1.165, 1.54) is 33.7 Å². The molecule has 3 unspecified atom stereocenters. The van der Waals surface area contributed by atoms with Gasteiger partial charge in [0.05, 0.1) is 6.42 Å². The molecule has 3 amide bonds. The first-order valence-corrected chi connectivity index (χ1v) is 15.5. The van der Waals surface area contributed by atoms with Gasteiger partial charge in [-0.3, -0.25) is 29.8 Å². The second-order valence-corrected chi connectivity index (χ2v) is 11.9. The molecule has 2 aliphatic heterocycles. The number of nitrogens with zero attached hydrogens (tertiary/aromatic N) is 3. The van der Waals surface area contributed by atoms with E-state index >= 15 is 0 Å². The van der Waals surface area contributed by atoms with Gasteiger partial charge < -0.3 is 14.7 Å². The van der Waals surface area contributed by atoms with Crippen LogP contribution in [0.25, 0.3) is 0 Å². The summed E-state index contributed by atoms with van der Waals surface area (Å²) in [4.78, 5) is 59.0. The van der Waals surface area contributed by atoms with Crippen LogP contribution in [0.5, 0.6) is 5.75 Å². The standard InChI is InChI=1S/C35H34FN5O6/c36-26-14-11-22(12-15-26)18-29(42)38-39-33(43)30-31(47-21-24-9-5-2-6-10-24)34(44)41-20-25-13-16-27(32(41)37-30)28(17-25)40(35(45)46)19-23-7-3-1-4-8-23/h1-12,14-15,25,27-28H,13,16-21H2,(H,38,42)(H,39,43)(H,45,46). The third-order valence-corrected chi connectivity index (χ3v) is 8.73. The summed E-state index contributed by atoms with van der Waals surface area (Å²) in [5.41, 5.74) is 5.96. The van der Waals surface area contributed by atoms with E-state index in [-0.39, 0.29) is 36.9 Å². The van der Waals surface area contributed by atoms with Gasteiger partial charge in [0.2, 0.25) is 11.7 Å². The van der Waals surface area contributed by atoms with Crippen molar-refractivity contribution in [3.63, 3.8) is 0 Å². The van der Waals surface area contributed by atoms with Gasteiger partial charge in [0.25, 0.3) is 11.5 Å². The number of carbonyl (C=O) groups is 3. The number of carbonyl (C=O) groups excluding carboxylic acids is 2. The molecule has 1 aliphatic carbocycles. The van der Waals surface area contributed by atoms with Crippen LogP contribution in [0, 0.1) is 11.7 Å². The Balaban J connectivity index is 1.32. The highest BCUT2D eigenvalue weighted by Crippen LogP contribution is 2.42. The Morgan fingerprint density at radius 1 is 0.915 bits per heavy atom. The molecule has 3 aromatic carbocycles. The highest BCUT2D eigenvalue weighted by Gasteiger charge is 2.43. The maximum Gasteiger partial charge on any atom is 0.407 e. The van der Waals surface area contributed by atoms with Gasteiger partial charge in [-0.2, -0.15) is 0 Å². The van der Waals surface area contributed by atoms with E-state index in [1.54, 1.807) is 0 Å². The second-order valence-electron chi connectivity index (χ2n) is 11.9. The first kappa shape index (κ1) is 31.5. The van der Waals surface area contributed by atoms with Crippen LogP contribution in [0.4, 0.5) is 9.18 Å². The van der Waals surface area contributed by atoms with Crippen molar-refractivity contribution in [1.29, 1.82) is 0 Å². The Bertz CT molecular complexity index is 1820. The molecular weight excluding hydrogens is 605 g/mol. The normalized spacial score (nSPS) is 18.0. The van der Waals surface area contributed by atoms with Crippen LogP contribution in [0.2, 0.25) is 0 Å². The number of rotatable bonds is 9. The summed E-state index contributed by atoms with van der Waals surface area (Å²) in [6.07, 6.45) is 0.679. The highest BCUT2D eigenvalue weighted by atomic mass is 19.1. The van der Waals surface area contributed by atoms with Crippen molar-refractivity contribution in [3.8, 4) is 5.75 Å². The molecule has 2 bridgehead atoms. The largest absolute Gasteiger partial charge is 0.481 e. The van der Waals surface area contributed by atoms with Crippen molar-refractivity contribution in [1.82, 2.24) is 25.3 Å². The zero-order chi connectivity index (χ0) is 32.9. The number of carboxylic acid groups (broad SMARTS) is 1. The van der Waals surface area contributed by atoms with Crippen LogP contribution in [0.15, 0.2) is 89.7 Å². The van der Waals surface area contributed by atoms with Crippen molar-refractivity contribution < 1.29 is 28.6 Å². The number of hydrazine groups is 1. The van der Waals surface area contributed by atoms with Crippen LogP contribution in [-0.2, 0) is 30.9 Å². The van der Waals surface area contributed by atoms with Crippen LogP contribution < -0.4 is 21.1 Å². The van der Waals surface area contributed by atoms with E-state index in [1.807, 2.05) is 60.7 Å². The van der Waals surface area contributed by atoms with Crippen LogP contribution >= 0.6 is 0 Å². The molecule has 3 aliphatic rings. The third-order valence-electron chi connectivity index (χ3n) is 8.73. The van der Waals surface area contributed by atoms with Gasteiger partial charge in [0, 0.05) is 25.0 Å². The lowest BCUT2D eigenvalue weighted by atomic mass is 9.78. The molecule has 12 heteroatoms. The Hall–Kier alpha value is -5.52. The number of fused-ring (bicyclic) bond motifs is 2. The lowest BCUT2D eigenvalue weighted by Gasteiger charge is -2.38. The van der Waals surface area contributed by atoms with Gasteiger partial charge in [-0.15, -0.1) is 0 Å². The molecule has 11 nitrogen and oxygen atoms in total. The molecule has 47 heavy (non-hydrogen) atoms. The predicted molar refractivity (Wildman–Crippen MR) is 169 cm³/mol. The number of amides is 3. The number of benzene rings is 3. The van der Waals surface area contributed by atoms with Gasteiger partial charge in [-0.05, 0) is 54.0 Å². The van der Waals surface area contributed by atoms with E-state index in [0.717, 1.165) is 17.5 Å². The summed E-state index contributed by atoms with van der Waals surface area (Å²) < 4.78 is 20.8. The van der Waals surface area contributed by atoms with E-state index in [4.69, 9.17) is 9.72 Å².